The van der Waals surface area contributed by atoms with Crippen molar-refractivity contribution in [1.82, 2.24) is 30.3 Å². The van der Waals surface area contributed by atoms with Crippen LogP contribution in [0.15, 0.2) is 54.6 Å². The molecule has 1 amide bonds. The quantitative estimate of drug-likeness (QED) is 0.494. The van der Waals surface area contributed by atoms with Crippen molar-refractivity contribution < 1.29 is 4.79 Å². The molecule has 0 fully saturated rings. The molecule has 146 valence electrons. The molecule has 3 aromatic heterocycles. The standard InChI is InChI=1S/C21H21N7O/c1-14-13-15(2)28(27-14)20-10-9-19(25-26-20)22-11-12-23-21(29)18-8-7-16-5-3-4-6-17(16)24-18/h3-10,13H,11-12H2,1-2H3,(H,22,25)(H,23,29). The second kappa shape index (κ2) is 8.05. The van der Waals surface area contributed by atoms with Crippen molar-refractivity contribution in [3.63, 3.8) is 0 Å². The van der Waals surface area contributed by atoms with Crippen molar-refractivity contribution in [1.29, 1.82) is 0 Å². The first-order valence-electron chi connectivity index (χ1n) is 9.35. The van der Waals surface area contributed by atoms with E-state index in [1.54, 1.807) is 10.7 Å². The predicted octanol–water partition coefficient (Wildman–Crippen LogP) is 2.67. The van der Waals surface area contributed by atoms with Gasteiger partial charge in [0.2, 0.25) is 0 Å². The fourth-order valence-electron chi connectivity index (χ4n) is 3.04. The third-order valence-electron chi connectivity index (χ3n) is 4.42. The third kappa shape index (κ3) is 4.21. The summed E-state index contributed by atoms with van der Waals surface area (Å²) in [4.78, 5) is 16.7. The van der Waals surface area contributed by atoms with Crippen molar-refractivity contribution in [2.45, 2.75) is 13.8 Å². The van der Waals surface area contributed by atoms with E-state index in [1.807, 2.05) is 62.4 Å². The highest BCUT2D eigenvalue weighted by Crippen LogP contribution is 2.12. The summed E-state index contributed by atoms with van der Waals surface area (Å²) in [6.45, 7) is 4.87. The van der Waals surface area contributed by atoms with E-state index < -0.39 is 0 Å². The van der Waals surface area contributed by atoms with Crippen LogP contribution in [0.5, 0.6) is 0 Å². The molecule has 0 unspecified atom stereocenters. The number of pyridine rings is 1. The molecule has 0 atom stereocenters. The van der Waals surface area contributed by atoms with Crippen LogP contribution in [0, 0.1) is 13.8 Å². The number of nitrogens with one attached hydrogen (secondary N) is 2. The highest BCUT2D eigenvalue weighted by atomic mass is 16.1. The van der Waals surface area contributed by atoms with Gasteiger partial charge in [0.1, 0.15) is 11.5 Å². The van der Waals surface area contributed by atoms with E-state index in [0.29, 0.717) is 30.4 Å². The lowest BCUT2D eigenvalue weighted by Gasteiger charge is -2.08. The Hall–Kier alpha value is -3.81. The molecule has 0 bridgehead atoms. The highest BCUT2D eigenvalue weighted by molar-refractivity contribution is 5.94. The molecule has 0 aliphatic rings. The van der Waals surface area contributed by atoms with Gasteiger partial charge in [-0.15, -0.1) is 10.2 Å². The summed E-state index contributed by atoms with van der Waals surface area (Å²) in [5.41, 5.74) is 3.14. The number of carbonyl (C=O) groups excluding carboxylic acids is 1. The Morgan fingerprint density at radius 3 is 2.62 bits per heavy atom. The number of anilines is 1. The number of benzene rings is 1. The molecule has 0 aliphatic heterocycles. The fourth-order valence-corrected chi connectivity index (χ4v) is 3.04. The molecule has 0 radical (unpaired) electrons. The molecule has 8 heteroatoms. The smallest absolute Gasteiger partial charge is 0.269 e. The minimum atomic E-state index is -0.205. The van der Waals surface area contributed by atoms with Gasteiger partial charge in [-0.05, 0) is 44.2 Å². The van der Waals surface area contributed by atoms with Gasteiger partial charge in [-0.1, -0.05) is 24.3 Å². The van der Waals surface area contributed by atoms with Gasteiger partial charge in [0.05, 0.1) is 11.2 Å². The van der Waals surface area contributed by atoms with Gasteiger partial charge in [-0.2, -0.15) is 5.10 Å². The van der Waals surface area contributed by atoms with Gasteiger partial charge in [0.15, 0.2) is 5.82 Å². The van der Waals surface area contributed by atoms with E-state index in [1.165, 1.54) is 0 Å². The third-order valence-corrected chi connectivity index (χ3v) is 4.42. The average molecular weight is 387 g/mol. The Balaban J connectivity index is 1.29. The lowest BCUT2D eigenvalue weighted by Crippen LogP contribution is -2.29. The Labute approximate surface area is 168 Å². The topological polar surface area (TPSA) is 97.6 Å². The van der Waals surface area contributed by atoms with Gasteiger partial charge < -0.3 is 10.6 Å². The molecule has 0 aliphatic carbocycles. The molecule has 8 nitrogen and oxygen atoms in total. The zero-order valence-electron chi connectivity index (χ0n) is 16.3. The van der Waals surface area contributed by atoms with Crippen LogP contribution < -0.4 is 10.6 Å². The van der Waals surface area contributed by atoms with Crippen molar-refractivity contribution in [2.75, 3.05) is 18.4 Å². The van der Waals surface area contributed by atoms with Gasteiger partial charge in [0, 0.05) is 24.2 Å². The first-order valence-corrected chi connectivity index (χ1v) is 9.35. The van der Waals surface area contributed by atoms with Crippen LogP contribution in [0.1, 0.15) is 21.9 Å². The van der Waals surface area contributed by atoms with E-state index >= 15 is 0 Å². The van der Waals surface area contributed by atoms with Gasteiger partial charge in [-0.3, -0.25) is 4.79 Å². The molecule has 4 rings (SSSR count). The lowest BCUT2D eigenvalue weighted by molar-refractivity contribution is 0.0950. The van der Waals surface area contributed by atoms with Crippen molar-refractivity contribution in [2.24, 2.45) is 0 Å². The second-order valence-corrected chi connectivity index (χ2v) is 6.69. The Morgan fingerprint density at radius 2 is 1.86 bits per heavy atom. The monoisotopic (exact) mass is 387 g/mol. The SMILES string of the molecule is Cc1cc(C)n(-c2ccc(NCCNC(=O)c3ccc4ccccc4n3)nn2)n1. The number of fused-ring (bicyclic) bond motifs is 1. The summed E-state index contributed by atoms with van der Waals surface area (Å²) in [6.07, 6.45) is 0. The Bertz CT molecular complexity index is 1150. The molecule has 0 saturated carbocycles. The summed E-state index contributed by atoms with van der Waals surface area (Å²) in [5, 5.41) is 19.8. The van der Waals surface area contributed by atoms with Crippen LogP contribution in [-0.2, 0) is 0 Å². The molecule has 3 heterocycles. The zero-order chi connectivity index (χ0) is 20.2. The van der Waals surface area contributed by atoms with Crippen molar-refractivity contribution in [3.8, 4) is 5.82 Å². The average Bonchev–Trinajstić information content (AvgIpc) is 3.09. The van der Waals surface area contributed by atoms with E-state index in [9.17, 15) is 4.79 Å². The number of amides is 1. The minimum absolute atomic E-state index is 0.205. The Kier molecular flexibility index (Phi) is 5.15. The first kappa shape index (κ1) is 18.5. The molecule has 1 aromatic carbocycles. The highest BCUT2D eigenvalue weighted by Gasteiger charge is 2.08. The number of para-hydroxylation sites is 1. The molecule has 0 saturated heterocycles. The van der Waals surface area contributed by atoms with E-state index in [4.69, 9.17) is 0 Å². The number of aryl methyl sites for hydroxylation is 2. The van der Waals surface area contributed by atoms with Crippen LogP contribution in [0.2, 0.25) is 0 Å². The van der Waals surface area contributed by atoms with Gasteiger partial charge >= 0.3 is 0 Å². The van der Waals surface area contributed by atoms with Crippen LogP contribution in [-0.4, -0.2) is 44.0 Å². The molecular formula is C21H21N7O. The molecule has 29 heavy (non-hydrogen) atoms. The Morgan fingerprint density at radius 1 is 1.00 bits per heavy atom. The van der Waals surface area contributed by atoms with Crippen molar-refractivity contribution >= 4 is 22.6 Å². The summed E-state index contributed by atoms with van der Waals surface area (Å²) in [5.74, 6) is 1.09. The molecule has 0 spiro atoms. The van der Waals surface area contributed by atoms with Crippen LogP contribution in [0.3, 0.4) is 0 Å². The van der Waals surface area contributed by atoms with Crippen LogP contribution >= 0.6 is 0 Å². The zero-order valence-corrected chi connectivity index (χ0v) is 16.3. The molecular weight excluding hydrogens is 366 g/mol. The molecule has 4 aromatic rings. The predicted molar refractivity (Wildman–Crippen MR) is 111 cm³/mol. The number of carbonyl (C=O) groups is 1. The number of rotatable bonds is 6. The first-order chi connectivity index (χ1) is 14.1. The summed E-state index contributed by atoms with van der Waals surface area (Å²) >= 11 is 0. The van der Waals surface area contributed by atoms with Crippen LogP contribution in [0.4, 0.5) is 5.82 Å². The number of nitrogens with zero attached hydrogens (tertiary/aromatic N) is 5. The maximum atomic E-state index is 12.3. The van der Waals surface area contributed by atoms with Crippen molar-refractivity contribution in [3.05, 3.63) is 71.7 Å². The maximum absolute atomic E-state index is 12.3. The number of hydrogen-bond acceptors (Lipinski definition) is 6. The lowest BCUT2D eigenvalue weighted by atomic mass is 10.2. The largest absolute Gasteiger partial charge is 0.367 e. The van der Waals surface area contributed by atoms with Crippen LogP contribution in [0.25, 0.3) is 16.7 Å². The van der Waals surface area contributed by atoms with Gasteiger partial charge in [0.25, 0.3) is 5.91 Å². The van der Waals surface area contributed by atoms with Gasteiger partial charge in [-0.25, -0.2) is 9.67 Å². The fraction of sp³-hybridized carbons (Fsp3) is 0.190. The summed E-state index contributed by atoms with van der Waals surface area (Å²) in [6, 6.07) is 17.0. The van der Waals surface area contributed by atoms with E-state index in [0.717, 1.165) is 22.3 Å². The summed E-state index contributed by atoms with van der Waals surface area (Å²) < 4.78 is 1.75. The summed E-state index contributed by atoms with van der Waals surface area (Å²) in [7, 11) is 0. The molecule has 2 N–H and O–H groups in total. The minimum Gasteiger partial charge on any atom is -0.367 e. The number of aromatic nitrogens is 5. The van der Waals surface area contributed by atoms with E-state index in [2.05, 4.69) is 30.9 Å². The second-order valence-electron chi connectivity index (χ2n) is 6.69. The maximum Gasteiger partial charge on any atom is 0.269 e. The normalized spacial score (nSPS) is 10.8. The van der Waals surface area contributed by atoms with E-state index in [-0.39, 0.29) is 5.91 Å². The number of hydrogen-bond donors (Lipinski definition) is 2.